The number of esters is 1. The van der Waals surface area contributed by atoms with Gasteiger partial charge in [-0.1, -0.05) is 25.0 Å². The van der Waals surface area contributed by atoms with E-state index in [9.17, 15) is 9.18 Å². The SMILES string of the molecule is CN=C(NCCCCCCC(=O)OC)NCC(C)Oc1ccccc1F. The van der Waals surface area contributed by atoms with Crippen LogP contribution in [-0.4, -0.2) is 45.3 Å². The molecule has 6 nitrogen and oxygen atoms in total. The molecule has 1 atom stereocenters. The van der Waals surface area contributed by atoms with Gasteiger partial charge < -0.3 is 20.1 Å². The number of carbonyl (C=O) groups excluding carboxylic acids is 1. The van der Waals surface area contributed by atoms with Crippen molar-refractivity contribution < 1.29 is 18.7 Å². The Morgan fingerprint density at radius 1 is 1.19 bits per heavy atom. The molecular weight excluding hydrogens is 337 g/mol. The lowest BCUT2D eigenvalue weighted by Crippen LogP contribution is -2.42. The van der Waals surface area contributed by atoms with Crippen molar-refractivity contribution in [2.24, 2.45) is 4.99 Å². The Balaban J connectivity index is 2.15. The third kappa shape index (κ3) is 9.25. The molecule has 0 heterocycles. The molecular formula is C19H30FN3O3. The molecule has 0 radical (unpaired) electrons. The number of hydrogen-bond donors (Lipinski definition) is 2. The fourth-order valence-corrected chi connectivity index (χ4v) is 2.32. The number of benzene rings is 1. The summed E-state index contributed by atoms with van der Waals surface area (Å²) in [5, 5.41) is 6.39. The van der Waals surface area contributed by atoms with Crippen molar-refractivity contribution in [3.8, 4) is 5.75 Å². The molecule has 0 aliphatic heterocycles. The largest absolute Gasteiger partial charge is 0.486 e. The Morgan fingerprint density at radius 3 is 2.62 bits per heavy atom. The predicted octanol–water partition coefficient (Wildman–Crippen LogP) is 2.88. The number of nitrogens with zero attached hydrogens (tertiary/aromatic N) is 1. The van der Waals surface area contributed by atoms with E-state index < -0.39 is 0 Å². The second-order valence-corrected chi connectivity index (χ2v) is 5.98. The highest BCUT2D eigenvalue weighted by Crippen LogP contribution is 2.16. The third-order valence-electron chi connectivity index (χ3n) is 3.77. The van der Waals surface area contributed by atoms with Crippen molar-refractivity contribution in [1.82, 2.24) is 10.6 Å². The predicted molar refractivity (Wildman–Crippen MR) is 101 cm³/mol. The Bertz CT molecular complexity index is 567. The molecule has 7 heteroatoms. The highest BCUT2D eigenvalue weighted by Gasteiger charge is 2.08. The molecule has 2 N–H and O–H groups in total. The molecule has 0 bridgehead atoms. The number of para-hydroxylation sites is 1. The van der Waals surface area contributed by atoms with Crippen LogP contribution in [0.5, 0.6) is 5.75 Å². The molecule has 26 heavy (non-hydrogen) atoms. The first-order chi connectivity index (χ1) is 12.6. The number of halogens is 1. The number of nitrogens with one attached hydrogen (secondary N) is 2. The zero-order valence-electron chi connectivity index (χ0n) is 15.9. The summed E-state index contributed by atoms with van der Waals surface area (Å²) >= 11 is 0. The van der Waals surface area contributed by atoms with Crippen LogP contribution in [0, 0.1) is 5.82 Å². The number of rotatable bonds is 11. The molecule has 0 aromatic heterocycles. The molecule has 0 aliphatic rings. The van der Waals surface area contributed by atoms with Crippen molar-refractivity contribution in [1.29, 1.82) is 0 Å². The van der Waals surface area contributed by atoms with Crippen LogP contribution in [0.2, 0.25) is 0 Å². The van der Waals surface area contributed by atoms with Crippen LogP contribution < -0.4 is 15.4 Å². The quantitative estimate of drug-likeness (QED) is 0.272. The summed E-state index contributed by atoms with van der Waals surface area (Å²) < 4.78 is 23.8. The first-order valence-corrected chi connectivity index (χ1v) is 8.99. The number of aliphatic imine (C=N–C) groups is 1. The fourth-order valence-electron chi connectivity index (χ4n) is 2.32. The third-order valence-corrected chi connectivity index (χ3v) is 3.77. The maximum Gasteiger partial charge on any atom is 0.305 e. The van der Waals surface area contributed by atoms with E-state index in [2.05, 4.69) is 20.4 Å². The monoisotopic (exact) mass is 367 g/mol. The van der Waals surface area contributed by atoms with Crippen molar-refractivity contribution in [3.05, 3.63) is 30.1 Å². The highest BCUT2D eigenvalue weighted by molar-refractivity contribution is 5.79. The lowest BCUT2D eigenvalue weighted by atomic mass is 10.1. The maximum atomic E-state index is 13.6. The molecule has 1 aromatic carbocycles. The van der Waals surface area contributed by atoms with E-state index in [0.29, 0.717) is 18.9 Å². The van der Waals surface area contributed by atoms with Gasteiger partial charge in [0.2, 0.25) is 0 Å². The number of methoxy groups -OCH3 is 1. The molecule has 0 saturated heterocycles. The summed E-state index contributed by atoms with van der Waals surface area (Å²) in [5.74, 6) is 0.411. The lowest BCUT2D eigenvalue weighted by molar-refractivity contribution is -0.140. The minimum Gasteiger partial charge on any atom is -0.486 e. The first kappa shape index (κ1) is 21.7. The Hall–Kier alpha value is -2.31. The lowest BCUT2D eigenvalue weighted by Gasteiger charge is -2.18. The molecule has 0 spiro atoms. The van der Waals surface area contributed by atoms with Gasteiger partial charge in [-0.05, 0) is 31.9 Å². The summed E-state index contributed by atoms with van der Waals surface area (Å²) in [6.45, 7) is 3.17. The Labute approximate surface area is 155 Å². The average Bonchev–Trinajstić information content (AvgIpc) is 2.65. The Morgan fingerprint density at radius 2 is 1.92 bits per heavy atom. The molecule has 146 valence electrons. The summed E-state index contributed by atoms with van der Waals surface area (Å²) in [6.07, 6.45) is 4.15. The molecule has 0 aliphatic carbocycles. The van der Waals surface area contributed by atoms with Crippen LogP contribution in [0.1, 0.15) is 39.0 Å². The van der Waals surface area contributed by atoms with E-state index in [1.165, 1.54) is 13.2 Å². The Kier molecular flexibility index (Phi) is 10.8. The van der Waals surface area contributed by atoms with Gasteiger partial charge in [0, 0.05) is 20.0 Å². The molecule has 1 rings (SSSR count). The minimum absolute atomic E-state index is 0.153. The molecule has 1 unspecified atom stereocenters. The zero-order chi connectivity index (χ0) is 19.2. The zero-order valence-corrected chi connectivity index (χ0v) is 15.9. The van der Waals surface area contributed by atoms with Crippen LogP contribution in [-0.2, 0) is 9.53 Å². The van der Waals surface area contributed by atoms with Gasteiger partial charge in [0.15, 0.2) is 17.5 Å². The van der Waals surface area contributed by atoms with Gasteiger partial charge in [0.25, 0.3) is 0 Å². The summed E-state index contributed by atoms with van der Waals surface area (Å²) in [5.41, 5.74) is 0. The van der Waals surface area contributed by atoms with Crippen LogP contribution >= 0.6 is 0 Å². The van der Waals surface area contributed by atoms with Crippen LogP contribution in [0.4, 0.5) is 4.39 Å². The van der Waals surface area contributed by atoms with E-state index in [0.717, 1.165) is 32.2 Å². The molecule has 0 amide bonds. The van der Waals surface area contributed by atoms with E-state index in [1.807, 2.05) is 6.92 Å². The smallest absolute Gasteiger partial charge is 0.305 e. The van der Waals surface area contributed by atoms with Crippen molar-refractivity contribution >= 4 is 11.9 Å². The number of ether oxygens (including phenoxy) is 2. The molecule has 0 saturated carbocycles. The van der Waals surface area contributed by atoms with Crippen molar-refractivity contribution in [2.75, 3.05) is 27.2 Å². The van der Waals surface area contributed by atoms with E-state index in [-0.39, 0.29) is 23.6 Å². The summed E-state index contributed by atoms with van der Waals surface area (Å²) in [7, 11) is 3.11. The summed E-state index contributed by atoms with van der Waals surface area (Å²) in [4.78, 5) is 15.2. The number of guanidine groups is 1. The highest BCUT2D eigenvalue weighted by atomic mass is 19.1. The second-order valence-electron chi connectivity index (χ2n) is 5.98. The number of carbonyl (C=O) groups is 1. The van der Waals surface area contributed by atoms with E-state index in [4.69, 9.17) is 4.74 Å². The van der Waals surface area contributed by atoms with Gasteiger partial charge in [-0.25, -0.2) is 4.39 Å². The van der Waals surface area contributed by atoms with Crippen LogP contribution in [0.25, 0.3) is 0 Å². The number of unbranched alkanes of at least 4 members (excludes halogenated alkanes) is 3. The summed E-state index contributed by atoms with van der Waals surface area (Å²) in [6, 6.07) is 6.36. The van der Waals surface area contributed by atoms with Gasteiger partial charge in [-0.2, -0.15) is 0 Å². The normalized spacial score (nSPS) is 12.4. The fraction of sp³-hybridized carbons (Fsp3) is 0.579. The van der Waals surface area contributed by atoms with Gasteiger partial charge in [-0.15, -0.1) is 0 Å². The molecule has 0 fully saturated rings. The van der Waals surface area contributed by atoms with Gasteiger partial charge in [-0.3, -0.25) is 9.79 Å². The molecule has 1 aromatic rings. The topological polar surface area (TPSA) is 72.0 Å². The minimum atomic E-state index is -0.367. The van der Waals surface area contributed by atoms with Gasteiger partial charge in [0.05, 0.1) is 13.7 Å². The van der Waals surface area contributed by atoms with Crippen molar-refractivity contribution in [2.45, 2.75) is 45.1 Å². The van der Waals surface area contributed by atoms with E-state index >= 15 is 0 Å². The van der Waals surface area contributed by atoms with Gasteiger partial charge >= 0.3 is 5.97 Å². The first-order valence-electron chi connectivity index (χ1n) is 8.99. The number of hydrogen-bond acceptors (Lipinski definition) is 4. The van der Waals surface area contributed by atoms with Crippen LogP contribution in [0.15, 0.2) is 29.3 Å². The van der Waals surface area contributed by atoms with Crippen molar-refractivity contribution in [3.63, 3.8) is 0 Å². The van der Waals surface area contributed by atoms with E-state index in [1.54, 1.807) is 25.2 Å². The van der Waals surface area contributed by atoms with Gasteiger partial charge in [0.1, 0.15) is 6.10 Å². The average molecular weight is 367 g/mol. The second kappa shape index (κ2) is 13.0. The van der Waals surface area contributed by atoms with Crippen LogP contribution in [0.3, 0.4) is 0 Å². The standard InChI is InChI=1S/C19H30FN3O3/c1-15(26-17-11-8-7-10-16(17)20)14-23-19(21-2)22-13-9-5-4-6-12-18(24)25-3/h7-8,10-11,15H,4-6,9,12-14H2,1-3H3,(H2,21,22,23). The maximum absolute atomic E-state index is 13.6.